The standard InChI is InChI=1S/C19H18N2O4/c1-24-18(22)16-14-10-7-11(15(14)17(21-20-16)19(23)25-2)13-9-6-4-3-5-8(9)12(10)13/h3-6,10-15H,7H2,1-2H3. The lowest BCUT2D eigenvalue weighted by atomic mass is 9.54. The summed E-state index contributed by atoms with van der Waals surface area (Å²) in [5.41, 5.74) is 3.47. The molecule has 1 heterocycles. The van der Waals surface area contributed by atoms with E-state index in [0.29, 0.717) is 35.1 Å². The Hall–Kier alpha value is -2.50. The first-order valence-electron chi connectivity index (χ1n) is 8.58. The number of benzene rings is 1. The zero-order chi connectivity index (χ0) is 17.3. The second kappa shape index (κ2) is 5.00. The average molecular weight is 338 g/mol. The average Bonchev–Trinajstić information content (AvgIpc) is 3.17. The van der Waals surface area contributed by atoms with Gasteiger partial charge in [-0.1, -0.05) is 24.3 Å². The van der Waals surface area contributed by atoms with Crippen LogP contribution in [0, 0.1) is 23.7 Å². The van der Waals surface area contributed by atoms with Crippen LogP contribution in [-0.2, 0) is 19.1 Å². The third kappa shape index (κ3) is 1.69. The van der Waals surface area contributed by atoms with Gasteiger partial charge in [-0.3, -0.25) is 0 Å². The molecule has 1 aromatic carbocycles. The summed E-state index contributed by atoms with van der Waals surface area (Å²) < 4.78 is 9.84. The lowest BCUT2D eigenvalue weighted by Gasteiger charge is -2.49. The predicted molar refractivity (Wildman–Crippen MR) is 89.4 cm³/mol. The van der Waals surface area contributed by atoms with Crippen molar-refractivity contribution in [3.63, 3.8) is 0 Å². The molecule has 128 valence electrons. The van der Waals surface area contributed by atoms with E-state index in [9.17, 15) is 9.59 Å². The van der Waals surface area contributed by atoms with Crippen molar-refractivity contribution in [1.29, 1.82) is 0 Å². The topological polar surface area (TPSA) is 77.3 Å². The molecule has 25 heavy (non-hydrogen) atoms. The monoisotopic (exact) mass is 338 g/mol. The van der Waals surface area contributed by atoms with E-state index in [1.165, 1.54) is 25.3 Å². The molecular formula is C19H18N2O4. The van der Waals surface area contributed by atoms with Crippen LogP contribution in [0.5, 0.6) is 0 Å². The van der Waals surface area contributed by atoms with Crippen LogP contribution in [-0.4, -0.2) is 37.6 Å². The molecule has 0 amide bonds. The molecule has 2 fully saturated rings. The van der Waals surface area contributed by atoms with Gasteiger partial charge in [0.05, 0.1) is 14.2 Å². The van der Waals surface area contributed by atoms with E-state index in [1.54, 1.807) is 0 Å². The summed E-state index contributed by atoms with van der Waals surface area (Å²) in [5, 5.41) is 8.16. The minimum absolute atomic E-state index is 0.112. The summed E-state index contributed by atoms with van der Waals surface area (Å²) in [4.78, 5) is 24.5. The van der Waals surface area contributed by atoms with Crippen LogP contribution in [0.25, 0.3) is 0 Å². The molecule has 0 aromatic heterocycles. The first-order valence-corrected chi connectivity index (χ1v) is 8.58. The minimum Gasteiger partial charge on any atom is -0.464 e. The maximum Gasteiger partial charge on any atom is 0.354 e. The number of hydrogen-bond donors (Lipinski definition) is 0. The predicted octanol–water partition coefficient (Wildman–Crippen LogP) is 1.91. The zero-order valence-corrected chi connectivity index (χ0v) is 14.0. The molecular weight excluding hydrogens is 320 g/mol. The van der Waals surface area contributed by atoms with Crippen molar-refractivity contribution in [1.82, 2.24) is 0 Å². The van der Waals surface area contributed by atoms with Crippen LogP contribution < -0.4 is 0 Å². The van der Waals surface area contributed by atoms with Crippen LogP contribution in [0.1, 0.15) is 29.4 Å². The van der Waals surface area contributed by atoms with E-state index in [4.69, 9.17) is 9.47 Å². The van der Waals surface area contributed by atoms with Crippen molar-refractivity contribution in [2.45, 2.75) is 18.3 Å². The van der Waals surface area contributed by atoms with Crippen molar-refractivity contribution in [3.05, 3.63) is 35.4 Å². The SMILES string of the molecule is COC(=O)C1=NN=C(C(=O)OC)C2C3CC(C12)C1c2ccccc2C31. The number of fused-ring (bicyclic) bond motifs is 11. The summed E-state index contributed by atoms with van der Waals surface area (Å²) in [5.74, 6) is 0.352. The van der Waals surface area contributed by atoms with Gasteiger partial charge in [0.15, 0.2) is 11.4 Å². The highest BCUT2D eigenvalue weighted by atomic mass is 16.5. The number of ether oxygens (including phenoxy) is 2. The molecule has 6 unspecified atom stereocenters. The van der Waals surface area contributed by atoms with Gasteiger partial charge in [0.1, 0.15) is 0 Å². The van der Waals surface area contributed by atoms with E-state index >= 15 is 0 Å². The van der Waals surface area contributed by atoms with Gasteiger partial charge in [0, 0.05) is 11.8 Å². The Morgan fingerprint density at radius 2 is 1.28 bits per heavy atom. The molecule has 5 rings (SSSR count). The van der Waals surface area contributed by atoms with Gasteiger partial charge < -0.3 is 9.47 Å². The third-order valence-electron chi connectivity index (χ3n) is 6.56. The third-order valence-corrected chi connectivity index (χ3v) is 6.56. The Balaban J connectivity index is 1.62. The van der Waals surface area contributed by atoms with Gasteiger partial charge in [-0.05, 0) is 41.2 Å². The van der Waals surface area contributed by atoms with Crippen molar-refractivity contribution in [2.75, 3.05) is 14.2 Å². The van der Waals surface area contributed by atoms with Gasteiger partial charge in [-0.25, -0.2) is 9.59 Å². The van der Waals surface area contributed by atoms with Crippen molar-refractivity contribution >= 4 is 23.4 Å². The molecule has 1 aliphatic heterocycles. The molecule has 2 bridgehead atoms. The van der Waals surface area contributed by atoms with E-state index in [1.807, 2.05) is 0 Å². The number of esters is 2. The van der Waals surface area contributed by atoms with Crippen molar-refractivity contribution in [2.24, 2.45) is 33.9 Å². The van der Waals surface area contributed by atoms with Crippen molar-refractivity contribution < 1.29 is 19.1 Å². The van der Waals surface area contributed by atoms with Gasteiger partial charge in [0.2, 0.25) is 0 Å². The highest BCUT2D eigenvalue weighted by Crippen LogP contribution is 2.71. The Kier molecular flexibility index (Phi) is 2.96. The summed E-state index contributed by atoms with van der Waals surface area (Å²) in [6, 6.07) is 8.49. The maximum absolute atomic E-state index is 12.2. The van der Waals surface area contributed by atoms with E-state index in [0.717, 1.165) is 6.42 Å². The molecule has 2 saturated carbocycles. The number of methoxy groups -OCH3 is 2. The second-order valence-electron chi connectivity index (χ2n) is 7.25. The Morgan fingerprint density at radius 3 is 1.68 bits per heavy atom. The number of hydrogen-bond acceptors (Lipinski definition) is 6. The van der Waals surface area contributed by atoms with Crippen LogP contribution >= 0.6 is 0 Å². The molecule has 4 aliphatic rings. The molecule has 0 N–H and O–H groups in total. The Morgan fingerprint density at radius 1 is 0.840 bits per heavy atom. The molecule has 3 aliphatic carbocycles. The Bertz CT molecular complexity index is 790. The normalized spacial score (nSPS) is 36.2. The fourth-order valence-corrected chi connectivity index (χ4v) is 5.83. The van der Waals surface area contributed by atoms with Gasteiger partial charge in [-0.15, -0.1) is 10.2 Å². The quantitative estimate of drug-likeness (QED) is 0.610. The Labute approximate surface area is 144 Å². The smallest absolute Gasteiger partial charge is 0.354 e. The molecule has 1 aromatic rings. The number of carbonyl (C=O) groups is 2. The van der Waals surface area contributed by atoms with E-state index in [-0.39, 0.29) is 11.8 Å². The molecule has 6 atom stereocenters. The van der Waals surface area contributed by atoms with Crippen LogP contribution in [0.3, 0.4) is 0 Å². The van der Waals surface area contributed by atoms with E-state index in [2.05, 4.69) is 34.5 Å². The number of nitrogens with zero attached hydrogens (tertiary/aromatic N) is 2. The highest BCUT2D eigenvalue weighted by molar-refractivity contribution is 6.43. The molecule has 0 spiro atoms. The number of carbonyl (C=O) groups excluding carboxylic acids is 2. The second-order valence-corrected chi connectivity index (χ2v) is 7.25. The fraction of sp³-hybridized carbons (Fsp3) is 0.474. The summed E-state index contributed by atoms with van der Waals surface area (Å²) >= 11 is 0. The lowest BCUT2D eigenvalue weighted by molar-refractivity contribution is -0.134. The van der Waals surface area contributed by atoms with Crippen LogP contribution in [0.2, 0.25) is 0 Å². The first-order chi connectivity index (χ1) is 12.2. The highest BCUT2D eigenvalue weighted by Gasteiger charge is 2.67. The molecule has 0 radical (unpaired) electrons. The number of rotatable bonds is 2. The largest absolute Gasteiger partial charge is 0.464 e. The van der Waals surface area contributed by atoms with Gasteiger partial charge in [-0.2, -0.15) is 0 Å². The van der Waals surface area contributed by atoms with Crippen LogP contribution in [0.4, 0.5) is 0 Å². The van der Waals surface area contributed by atoms with E-state index < -0.39 is 11.9 Å². The zero-order valence-electron chi connectivity index (χ0n) is 14.0. The molecule has 0 saturated heterocycles. The molecule has 6 nitrogen and oxygen atoms in total. The van der Waals surface area contributed by atoms with Gasteiger partial charge in [0.25, 0.3) is 0 Å². The molecule has 6 heteroatoms. The maximum atomic E-state index is 12.2. The lowest BCUT2D eigenvalue weighted by Crippen LogP contribution is -2.49. The first kappa shape index (κ1) is 14.8. The van der Waals surface area contributed by atoms with Gasteiger partial charge >= 0.3 is 11.9 Å². The fourth-order valence-electron chi connectivity index (χ4n) is 5.83. The minimum atomic E-state index is -0.445. The van der Waals surface area contributed by atoms with Crippen LogP contribution in [0.15, 0.2) is 34.5 Å². The summed E-state index contributed by atoms with van der Waals surface area (Å²) in [7, 11) is 2.71. The van der Waals surface area contributed by atoms with Crippen molar-refractivity contribution in [3.8, 4) is 0 Å². The summed E-state index contributed by atoms with van der Waals surface area (Å²) in [6.07, 6.45) is 0.978. The summed E-state index contributed by atoms with van der Waals surface area (Å²) in [6.45, 7) is 0.